The maximum atomic E-state index is 4.00. The molecule has 110 valence electrons. The SMILES string of the molecule is CC1CCC(NC2CCC(C)c3ccccc32)C(C)C1. The summed E-state index contributed by atoms with van der Waals surface area (Å²) in [7, 11) is 0. The lowest BCUT2D eigenvalue weighted by Gasteiger charge is -2.38. The van der Waals surface area contributed by atoms with Gasteiger partial charge in [0.15, 0.2) is 0 Å². The molecule has 1 N–H and O–H groups in total. The normalized spacial score (nSPS) is 37.5. The standard InChI is InChI=1S/C19H29N/c1-13-8-10-18(15(3)12-13)20-19-11-9-14(2)16-6-4-5-7-17(16)19/h4-7,13-15,18-20H,8-12H2,1-3H3. The summed E-state index contributed by atoms with van der Waals surface area (Å²) in [6.07, 6.45) is 6.77. The molecule has 3 rings (SSSR count). The third-order valence-electron chi connectivity index (χ3n) is 5.64. The summed E-state index contributed by atoms with van der Waals surface area (Å²) in [6.45, 7) is 7.22. The lowest BCUT2D eigenvalue weighted by Crippen LogP contribution is -2.42. The Kier molecular flexibility index (Phi) is 4.16. The van der Waals surface area contributed by atoms with Crippen LogP contribution in [0.15, 0.2) is 24.3 Å². The van der Waals surface area contributed by atoms with Crippen molar-refractivity contribution in [3.63, 3.8) is 0 Å². The first-order chi connectivity index (χ1) is 9.65. The van der Waals surface area contributed by atoms with Crippen LogP contribution in [-0.4, -0.2) is 6.04 Å². The molecule has 0 aliphatic heterocycles. The molecule has 20 heavy (non-hydrogen) atoms. The molecule has 1 heteroatoms. The molecule has 2 aliphatic rings. The fourth-order valence-corrected chi connectivity index (χ4v) is 4.35. The van der Waals surface area contributed by atoms with Crippen LogP contribution in [0, 0.1) is 11.8 Å². The number of nitrogens with one attached hydrogen (secondary N) is 1. The minimum atomic E-state index is 0.586. The molecule has 0 spiro atoms. The van der Waals surface area contributed by atoms with Crippen LogP contribution in [0.2, 0.25) is 0 Å². The maximum Gasteiger partial charge on any atom is 0.0325 e. The Morgan fingerprint density at radius 3 is 2.40 bits per heavy atom. The van der Waals surface area contributed by atoms with Gasteiger partial charge in [-0.25, -0.2) is 0 Å². The Bertz CT molecular complexity index is 453. The van der Waals surface area contributed by atoms with Gasteiger partial charge < -0.3 is 5.32 Å². The molecule has 0 radical (unpaired) electrons. The van der Waals surface area contributed by atoms with Crippen LogP contribution in [0.25, 0.3) is 0 Å². The molecule has 1 nitrogen and oxygen atoms in total. The number of fused-ring (bicyclic) bond motifs is 1. The Hall–Kier alpha value is -0.820. The van der Waals surface area contributed by atoms with E-state index in [4.69, 9.17) is 0 Å². The Balaban J connectivity index is 1.74. The minimum absolute atomic E-state index is 0.586. The first kappa shape index (κ1) is 14.1. The molecule has 0 heterocycles. The van der Waals surface area contributed by atoms with E-state index in [1.54, 1.807) is 11.1 Å². The van der Waals surface area contributed by atoms with Crippen LogP contribution in [-0.2, 0) is 0 Å². The van der Waals surface area contributed by atoms with Gasteiger partial charge in [-0.05, 0) is 61.0 Å². The van der Waals surface area contributed by atoms with Crippen molar-refractivity contribution >= 4 is 0 Å². The van der Waals surface area contributed by atoms with Crippen LogP contribution in [0.5, 0.6) is 0 Å². The fourth-order valence-electron chi connectivity index (χ4n) is 4.35. The molecule has 2 aliphatic carbocycles. The average molecular weight is 271 g/mol. The van der Waals surface area contributed by atoms with Gasteiger partial charge in [-0.1, -0.05) is 45.0 Å². The third kappa shape index (κ3) is 2.79. The Morgan fingerprint density at radius 2 is 1.65 bits per heavy atom. The monoisotopic (exact) mass is 271 g/mol. The summed E-state index contributed by atoms with van der Waals surface area (Å²) in [4.78, 5) is 0. The zero-order valence-electron chi connectivity index (χ0n) is 13.2. The van der Waals surface area contributed by atoms with Crippen molar-refractivity contribution in [1.29, 1.82) is 0 Å². The molecule has 0 aromatic heterocycles. The summed E-state index contributed by atoms with van der Waals surface area (Å²) in [5.41, 5.74) is 3.14. The van der Waals surface area contributed by atoms with Crippen molar-refractivity contribution in [2.45, 2.75) is 70.9 Å². The van der Waals surface area contributed by atoms with E-state index < -0.39 is 0 Å². The van der Waals surface area contributed by atoms with Gasteiger partial charge in [0.1, 0.15) is 0 Å². The molecule has 0 bridgehead atoms. The van der Waals surface area contributed by atoms with Gasteiger partial charge in [0, 0.05) is 12.1 Å². The van der Waals surface area contributed by atoms with Crippen molar-refractivity contribution in [3.05, 3.63) is 35.4 Å². The van der Waals surface area contributed by atoms with Gasteiger partial charge in [-0.2, -0.15) is 0 Å². The topological polar surface area (TPSA) is 12.0 Å². The van der Waals surface area contributed by atoms with Crippen LogP contribution < -0.4 is 5.32 Å². The zero-order chi connectivity index (χ0) is 14.1. The quantitative estimate of drug-likeness (QED) is 0.794. The fraction of sp³-hybridized carbons (Fsp3) is 0.684. The largest absolute Gasteiger partial charge is 0.307 e. The number of hydrogen-bond acceptors (Lipinski definition) is 1. The van der Waals surface area contributed by atoms with Gasteiger partial charge in [0.05, 0.1) is 0 Å². The first-order valence-electron chi connectivity index (χ1n) is 8.50. The van der Waals surface area contributed by atoms with Crippen molar-refractivity contribution in [2.75, 3.05) is 0 Å². The molecule has 1 aromatic rings. The van der Waals surface area contributed by atoms with E-state index in [0.29, 0.717) is 6.04 Å². The maximum absolute atomic E-state index is 4.00. The van der Waals surface area contributed by atoms with Crippen LogP contribution in [0.3, 0.4) is 0 Å². The van der Waals surface area contributed by atoms with E-state index in [-0.39, 0.29) is 0 Å². The highest BCUT2D eigenvalue weighted by Gasteiger charge is 2.30. The predicted octanol–water partition coefficient (Wildman–Crippen LogP) is 5.04. The molecule has 1 fully saturated rings. The second kappa shape index (κ2) is 5.89. The van der Waals surface area contributed by atoms with Crippen molar-refractivity contribution < 1.29 is 0 Å². The average Bonchev–Trinajstić information content (AvgIpc) is 2.45. The summed E-state index contributed by atoms with van der Waals surface area (Å²) >= 11 is 0. The highest BCUT2D eigenvalue weighted by molar-refractivity contribution is 5.35. The number of rotatable bonds is 2. The smallest absolute Gasteiger partial charge is 0.0325 e. The molecular weight excluding hydrogens is 242 g/mol. The zero-order valence-corrected chi connectivity index (χ0v) is 13.2. The van der Waals surface area contributed by atoms with Crippen molar-refractivity contribution in [1.82, 2.24) is 5.32 Å². The number of benzene rings is 1. The van der Waals surface area contributed by atoms with Gasteiger partial charge in [0.25, 0.3) is 0 Å². The van der Waals surface area contributed by atoms with Crippen molar-refractivity contribution in [3.8, 4) is 0 Å². The predicted molar refractivity (Wildman–Crippen MR) is 85.9 cm³/mol. The van der Waals surface area contributed by atoms with Gasteiger partial charge >= 0.3 is 0 Å². The molecule has 5 atom stereocenters. The van der Waals surface area contributed by atoms with E-state index in [2.05, 4.69) is 50.4 Å². The summed E-state index contributed by atoms with van der Waals surface area (Å²) in [6, 6.07) is 10.4. The van der Waals surface area contributed by atoms with E-state index in [1.807, 2.05) is 0 Å². The third-order valence-corrected chi connectivity index (χ3v) is 5.64. The van der Waals surface area contributed by atoms with Crippen LogP contribution in [0.1, 0.15) is 76.0 Å². The molecule has 5 unspecified atom stereocenters. The lowest BCUT2D eigenvalue weighted by molar-refractivity contribution is 0.206. The summed E-state index contributed by atoms with van der Waals surface area (Å²) in [5, 5.41) is 4.00. The first-order valence-corrected chi connectivity index (χ1v) is 8.50. The van der Waals surface area contributed by atoms with Crippen LogP contribution in [0.4, 0.5) is 0 Å². The van der Waals surface area contributed by atoms with E-state index in [1.165, 1.54) is 32.1 Å². The van der Waals surface area contributed by atoms with Gasteiger partial charge in [0.2, 0.25) is 0 Å². The molecule has 0 amide bonds. The highest BCUT2D eigenvalue weighted by atomic mass is 15.0. The molecule has 1 aromatic carbocycles. The molecular formula is C19H29N. The van der Waals surface area contributed by atoms with Gasteiger partial charge in [-0.15, -0.1) is 0 Å². The molecule has 0 saturated heterocycles. The number of hydrogen-bond donors (Lipinski definition) is 1. The van der Waals surface area contributed by atoms with Gasteiger partial charge in [-0.3, -0.25) is 0 Å². The second-order valence-electron chi connectivity index (χ2n) is 7.33. The van der Waals surface area contributed by atoms with Crippen molar-refractivity contribution in [2.24, 2.45) is 11.8 Å². The minimum Gasteiger partial charge on any atom is -0.307 e. The molecule has 1 saturated carbocycles. The Morgan fingerprint density at radius 1 is 0.900 bits per heavy atom. The van der Waals surface area contributed by atoms with Crippen LogP contribution >= 0.6 is 0 Å². The van der Waals surface area contributed by atoms with E-state index in [9.17, 15) is 0 Å². The van der Waals surface area contributed by atoms with E-state index >= 15 is 0 Å². The van der Waals surface area contributed by atoms with E-state index in [0.717, 1.165) is 23.8 Å². The highest BCUT2D eigenvalue weighted by Crippen LogP contribution is 2.39. The summed E-state index contributed by atoms with van der Waals surface area (Å²) in [5.74, 6) is 2.47. The lowest BCUT2D eigenvalue weighted by atomic mass is 9.77. The summed E-state index contributed by atoms with van der Waals surface area (Å²) < 4.78 is 0. The Labute approximate surface area is 124 Å². The second-order valence-corrected chi connectivity index (χ2v) is 7.33.